The summed E-state index contributed by atoms with van der Waals surface area (Å²) in [6.07, 6.45) is 0.571. The molecule has 3 aromatic carbocycles. The van der Waals surface area contributed by atoms with Gasteiger partial charge in [-0.1, -0.05) is 30.3 Å². The molecule has 0 aliphatic heterocycles. The molecule has 3 N–H and O–H groups in total. The summed E-state index contributed by atoms with van der Waals surface area (Å²) in [6, 6.07) is 20.9. The minimum absolute atomic E-state index is 0.140. The topological polar surface area (TPSA) is 98.2 Å². The minimum Gasteiger partial charge on any atom is -0.440 e. The Morgan fingerprint density at radius 1 is 0.963 bits per heavy atom. The number of fused-ring (bicyclic) bond motifs is 1. The highest BCUT2D eigenvalue weighted by Crippen LogP contribution is 2.23. The van der Waals surface area contributed by atoms with Crippen LogP contribution in [-0.2, 0) is 16.4 Å². The number of aromatic nitrogens is 1. The zero-order chi connectivity index (χ0) is 18.9. The Labute approximate surface area is 156 Å². The Hall–Kier alpha value is -3.32. The van der Waals surface area contributed by atoms with Gasteiger partial charge in [0.1, 0.15) is 5.52 Å². The number of benzene rings is 3. The smallest absolute Gasteiger partial charge is 0.261 e. The van der Waals surface area contributed by atoms with E-state index in [0.29, 0.717) is 34.8 Å². The first-order valence-electron chi connectivity index (χ1n) is 8.31. The molecule has 0 amide bonds. The Morgan fingerprint density at radius 3 is 2.44 bits per heavy atom. The molecule has 0 spiro atoms. The maximum Gasteiger partial charge on any atom is 0.261 e. The van der Waals surface area contributed by atoms with Gasteiger partial charge in [-0.05, 0) is 48.0 Å². The largest absolute Gasteiger partial charge is 0.440 e. The third-order valence-electron chi connectivity index (χ3n) is 4.07. The number of oxazole rings is 1. The van der Waals surface area contributed by atoms with Gasteiger partial charge in [-0.3, -0.25) is 4.72 Å². The third-order valence-corrected chi connectivity index (χ3v) is 5.47. The summed E-state index contributed by atoms with van der Waals surface area (Å²) in [5, 5.41) is 0. The number of anilines is 2. The van der Waals surface area contributed by atoms with Crippen LogP contribution in [0.1, 0.15) is 11.5 Å². The number of hydrogen-bond donors (Lipinski definition) is 2. The molecule has 0 fully saturated rings. The molecule has 1 heterocycles. The minimum atomic E-state index is -3.70. The summed E-state index contributed by atoms with van der Waals surface area (Å²) < 4.78 is 33.3. The molecule has 0 saturated carbocycles. The van der Waals surface area contributed by atoms with E-state index in [1.807, 2.05) is 30.3 Å². The second kappa shape index (κ2) is 6.77. The molecular weight excluding hydrogens is 362 g/mol. The van der Waals surface area contributed by atoms with E-state index in [4.69, 9.17) is 10.2 Å². The fraction of sp³-hybridized carbons (Fsp3) is 0.0500. The Kier molecular flexibility index (Phi) is 4.29. The van der Waals surface area contributed by atoms with Crippen LogP contribution >= 0.6 is 0 Å². The molecule has 6 nitrogen and oxygen atoms in total. The van der Waals surface area contributed by atoms with E-state index >= 15 is 0 Å². The van der Waals surface area contributed by atoms with Crippen LogP contribution in [-0.4, -0.2) is 13.4 Å². The summed E-state index contributed by atoms with van der Waals surface area (Å²) in [4.78, 5) is 4.61. The number of nitrogens with one attached hydrogen (secondary N) is 1. The first-order chi connectivity index (χ1) is 13.0. The Bertz CT molecular complexity index is 1180. The molecule has 7 heteroatoms. The van der Waals surface area contributed by atoms with Gasteiger partial charge in [-0.2, -0.15) is 0 Å². The van der Waals surface area contributed by atoms with Crippen molar-refractivity contribution in [2.75, 3.05) is 10.5 Å². The van der Waals surface area contributed by atoms with Gasteiger partial charge in [-0.15, -0.1) is 0 Å². The molecule has 0 unspecified atom stereocenters. The van der Waals surface area contributed by atoms with E-state index < -0.39 is 10.0 Å². The highest BCUT2D eigenvalue weighted by atomic mass is 32.2. The van der Waals surface area contributed by atoms with E-state index in [0.717, 1.165) is 5.56 Å². The summed E-state index contributed by atoms with van der Waals surface area (Å²) in [5.41, 5.74) is 8.82. The molecule has 4 aromatic rings. The van der Waals surface area contributed by atoms with Crippen LogP contribution in [0.5, 0.6) is 0 Å². The first-order valence-corrected chi connectivity index (χ1v) is 9.80. The normalized spacial score (nSPS) is 11.6. The quantitative estimate of drug-likeness (QED) is 0.514. The SMILES string of the molecule is Nc1ccc(S(=O)(=O)Nc2ccc3oc(Cc4ccccc4)nc3c2)cc1. The molecule has 4 rings (SSSR count). The van der Waals surface area contributed by atoms with Crippen molar-refractivity contribution < 1.29 is 12.8 Å². The molecule has 1 aromatic heterocycles. The lowest BCUT2D eigenvalue weighted by atomic mass is 10.1. The number of nitrogen functional groups attached to an aromatic ring is 1. The lowest BCUT2D eigenvalue weighted by Gasteiger charge is -2.08. The fourth-order valence-electron chi connectivity index (χ4n) is 2.75. The summed E-state index contributed by atoms with van der Waals surface area (Å²) in [6.45, 7) is 0. The van der Waals surface area contributed by atoms with Crippen molar-refractivity contribution in [2.45, 2.75) is 11.3 Å². The number of hydrogen-bond acceptors (Lipinski definition) is 5. The predicted molar refractivity (Wildman–Crippen MR) is 105 cm³/mol. The maximum atomic E-state index is 12.5. The third kappa shape index (κ3) is 3.78. The summed E-state index contributed by atoms with van der Waals surface area (Å²) >= 11 is 0. The standard InChI is InChI=1S/C20H17N3O3S/c21-15-6-9-17(10-7-15)27(24,25)23-16-8-11-19-18(13-16)22-20(26-19)12-14-4-2-1-3-5-14/h1-11,13,23H,12,21H2. The van der Waals surface area contributed by atoms with Crippen LogP contribution in [0.3, 0.4) is 0 Å². The van der Waals surface area contributed by atoms with Crippen molar-refractivity contribution in [1.82, 2.24) is 4.98 Å². The average Bonchev–Trinajstić information content (AvgIpc) is 3.04. The molecule has 0 saturated heterocycles. The van der Waals surface area contributed by atoms with Crippen molar-refractivity contribution in [3.8, 4) is 0 Å². The van der Waals surface area contributed by atoms with E-state index in [1.54, 1.807) is 30.3 Å². The van der Waals surface area contributed by atoms with Crippen LogP contribution in [0.4, 0.5) is 11.4 Å². The maximum absolute atomic E-state index is 12.5. The lowest BCUT2D eigenvalue weighted by Crippen LogP contribution is -2.12. The van der Waals surface area contributed by atoms with Crippen molar-refractivity contribution >= 4 is 32.5 Å². The molecule has 27 heavy (non-hydrogen) atoms. The number of nitrogens with two attached hydrogens (primary N) is 1. The second-order valence-corrected chi connectivity index (χ2v) is 7.81. The van der Waals surface area contributed by atoms with Gasteiger partial charge >= 0.3 is 0 Å². The second-order valence-electron chi connectivity index (χ2n) is 6.13. The van der Waals surface area contributed by atoms with E-state index in [1.165, 1.54) is 12.1 Å². The van der Waals surface area contributed by atoms with E-state index in [2.05, 4.69) is 9.71 Å². The molecule has 0 radical (unpaired) electrons. The molecule has 0 bridgehead atoms. The van der Waals surface area contributed by atoms with Crippen molar-refractivity contribution in [2.24, 2.45) is 0 Å². The van der Waals surface area contributed by atoms with Crippen LogP contribution in [0, 0.1) is 0 Å². The van der Waals surface area contributed by atoms with Gasteiger partial charge in [0.2, 0.25) is 0 Å². The van der Waals surface area contributed by atoms with Gasteiger partial charge in [0.05, 0.1) is 10.6 Å². The lowest BCUT2D eigenvalue weighted by molar-refractivity contribution is 0.544. The van der Waals surface area contributed by atoms with Crippen LogP contribution in [0.2, 0.25) is 0 Å². The van der Waals surface area contributed by atoms with Crippen molar-refractivity contribution in [3.63, 3.8) is 0 Å². The van der Waals surface area contributed by atoms with Gasteiger partial charge in [0.15, 0.2) is 11.5 Å². The van der Waals surface area contributed by atoms with Gasteiger partial charge in [-0.25, -0.2) is 13.4 Å². The monoisotopic (exact) mass is 379 g/mol. The fourth-order valence-corrected chi connectivity index (χ4v) is 3.80. The van der Waals surface area contributed by atoms with Crippen molar-refractivity contribution in [3.05, 3.63) is 84.3 Å². The number of nitrogens with zero attached hydrogens (tertiary/aromatic N) is 1. The highest BCUT2D eigenvalue weighted by Gasteiger charge is 2.15. The predicted octanol–water partition coefficient (Wildman–Crippen LogP) is 3.80. The Morgan fingerprint density at radius 2 is 1.70 bits per heavy atom. The summed E-state index contributed by atoms with van der Waals surface area (Å²) in [5.74, 6) is 0.578. The molecule has 0 atom stereocenters. The molecule has 0 aliphatic carbocycles. The Balaban J connectivity index is 1.59. The van der Waals surface area contributed by atoms with Crippen LogP contribution in [0.25, 0.3) is 11.1 Å². The van der Waals surface area contributed by atoms with Gasteiger partial charge < -0.3 is 10.2 Å². The zero-order valence-electron chi connectivity index (χ0n) is 14.3. The van der Waals surface area contributed by atoms with Gasteiger partial charge in [0, 0.05) is 12.1 Å². The number of sulfonamides is 1. The molecular formula is C20H17N3O3S. The van der Waals surface area contributed by atoms with Gasteiger partial charge in [0.25, 0.3) is 10.0 Å². The first kappa shape index (κ1) is 17.1. The molecule has 0 aliphatic rings. The highest BCUT2D eigenvalue weighted by molar-refractivity contribution is 7.92. The molecule has 136 valence electrons. The summed E-state index contributed by atoms with van der Waals surface area (Å²) in [7, 11) is -3.70. The van der Waals surface area contributed by atoms with Crippen LogP contribution < -0.4 is 10.5 Å². The van der Waals surface area contributed by atoms with E-state index in [9.17, 15) is 8.42 Å². The van der Waals surface area contributed by atoms with E-state index in [-0.39, 0.29) is 4.90 Å². The zero-order valence-corrected chi connectivity index (χ0v) is 15.1. The van der Waals surface area contributed by atoms with Crippen LogP contribution in [0.15, 0.2) is 82.1 Å². The van der Waals surface area contributed by atoms with Crippen molar-refractivity contribution in [1.29, 1.82) is 0 Å². The number of rotatable bonds is 5. The average molecular weight is 379 g/mol.